The Morgan fingerprint density at radius 1 is 1.14 bits per heavy atom. The van der Waals surface area contributed by atoms with Crippen LogP contribution >= 0.6 is 0 Å². The molecule has 3 amide bonds. The lowest BCUT2D eigenvalue weighted by atomic mass is 10.1. The number of benzene rings is 2. The van der Waals surface area contributed by atoms with Crippen LogP contribution in [0.15, 0.2) is 54.6 Å². The van der Waals surface area contributed by atoms with E-state index in [4.69, 9.17) is 10.8 Å². The number of nitrogens with two attached hydrogens (primary N) is 1. The summed E-state index contributed by atoms with van der Waals surface area (Å²) < 4.78 is 14.7. The van der Waals surface area contributed by atoms with E-state index in [2.05, 4.69) is 15.7 Å². The maximum Gasteiger partial charge on any atom is 0.317 e. The number of amides is 3. The third-order valence-electron chi connectivity index (χ3n) is 4.05. The molecule has 0 aliphatic heterocycles. The largest absolute Gasteiger partial charge is 0.395 e. The molecule has 0 bridgehead atoms. The molecular formula is C20H20FN5O3. The molecule has 29 heavy (non-hydrogen) atoms. The van der Waals surface area contributed by atoms with Gasteiger partial charge in [0.15, 0.2) is 0 Å². The van der Waals surface area contributed by atoms with E-state index in [9.17, 15) is 14.0 Å². The van der Waals surface area contributed by atoms with Crippen LogP contribution in [0.2, 0.25) is 0 Å². The van der Waals surface area contributed by atoms with Crippen molar-refractivity contribution in [3.8, 4) is 16.9 Å². The molecule has 0 aliphatic carbocycles. The summed E-state index contributed by atoms with van der Waals surface area (Å²) in [5.41, 5.74) is 7.78. The lowest BCUT2D eigenvalue weighted by Crippen LogP contribution is -2.27. The fourth-order valence-corrected chi connectivity index (χ4v) is 2.80. The fourth-order valence-electron chi connectivity index (χ4n) is 2.80. The normalized spacial score (nSPS) is 10.6. The summed E-state index contributed by atoms with van der Waals surface area (Å²) in [6.45, 7) is 0.0543. The predicted molar refractivity (Wildman–Crippen MR) is 106 cm³/mol. The SMILES string of the molecule is NC(=O)Nc1cc(-c2ccc(F)cc2)nn1-c1cccc(CC(=O)NCCO)c1. The van der Waals surface area contributed by atoms with Crippen molar-refractivity contribution in [2.75, 3.05) is 18.5 Å². The predicted octanol–water partition coefficient (Wildman–Crippen LogP) is 1.82. The van der Waals surface area contributed by atoms with Gasteiger partial charge in [-0.2, -0.15) is 5.10 Å². The Morgan fingerprint density at radius 3 is 2.59 bits per heavy atom. The average Bonchev–Trinajstić information content (AvgIpc) is 3.10. The molecule has 0 unspecified atom stereocenters. The number of hydrogen-bond acceptors (Lipinski definition) is 4. The highest BCUT2D eigenvalue weighted by Crippen LogP contribution is 2.25. The van der Waals surface area contributed by atoms with Gasteiger partial charge in [-0.1, -0.05) is 12.1 Å². The van der Waals surface area contributed by atoms with E-state index < -0.39 is 6.03 Å². The molecule has 0 atom stereocenters. The van der Waals surface area contributed by atoms with Crippen LogP contribution in [-0.4, -0.2) is 40.0 Å². The number of urea groups is 1. The standard InChI is InChI=1S/C20H20FN5O3/c21-15-6-4-14(5-7-15)17-12-18(24-20(22)29)26(25-17)16-3-1-2-13(10-16)11-19(28)23-8-9-27/h1-7,10,12,27H,8-9,11H2,(H,23,28)(H3,22,24,29). The molecule has 1 aromatic heterocycles. The quantitative estimate of drug-likeness (QED) is 0.486. The zero-order valence-corrected chi connectivity index (χ0v) is 15.4. The number of aliphatic hydroxyl groups is 1. The van der Waals surface area contributed by atoms with Crippen LogP contribution in [0, 0.1) is 5.82 Å². The van der Waals surface area contributed by atoms with Crippen molar-refractivity contribution < 1.29 is 19.1 Å². The minimum atomic E-state index is -0.753. The maximum absolute atomic E-state index is 13.2. The first-order valence-electron chi connectivity index (χ1n) is 8.85. The van der Waals surface area contributed by atoms with Crippen LogP contribution in [0.4, 0.5) is 15.0 Å². The Labute approximate surface area is 166 Å². The molecule has 0 saturated heterocycles. The summed E-state index contributed by atoms with van der Waals surface area (Å²) in [6, 6.07) is 13.7. The molecule has 150 valence electrons. The van der Waals surface area contributed by atoms with Gasteiger partial charge in [-0.05, 0) is 42.0 Å². The summed E-state index contributed by atoms with van der Waals surface area (Å²) in [5, 5.41) is 18.4. The van der Waals surface area contributed by atoms with Crippen LogP contribution < -0.4 is 16.4 Å². The van der Waals surface area contributed by atoms with Crippen LogP contribution in [-0.2, 0) is 11.2 Å². The first kappa shape index (κ1) is 20.0. The Bertz CT molecular complexity index is 1020. The van der Waals surface area contributed by atoms with Gasteiger partial charge >= 0.3 is 6.03 Å². The van der Waals surface area contributed by atoms with Gasteiger partial charge in [0.1, 0.15) is 11.6 Å². The van der Waals surface area contributed by atoms with E-state index in [0.29, 0.717) is 22.8 Å². The van der Waals surface area contributed by atoms with Crippen molar-refractivity contribution in [2.24, 2.45) is 5.73 Å². The van der Waals surface area contributed by atoms with Gasteiger partial charge in [-0.25, -0.2) is 13.9 Å². The van der Waals surface area contributed by atoms with Crippen LogP contribution in [0.5, 0.6) is 0 Å². The van der Waals surface area contributed by atoms with Gasteiger partial charge in [0.25, 0.3) is 0 Å². The van der Waals surface area contributed by atoms with E-state index >= 15 is 0 Å². The minimum Gasteiger partial charge on any atom is -0.395 e. The highest BCUT2D eigenvalue weighted by Gasteiger charge is 2.14. The molecule has 0 spiro atoms. The number of aromatic nitrogens is 2. The minimum absolute atomic E-state index is 0.124. The summed E-state index contributed by atoms with van der Waals surface area (Å²) in [7, 11) is 0. The van der Waals surface area contributed by atoms with Crippen LogP contribution in [0.3, 0.4) is 0 Å². The molecule has 1 heterocycles. The highest BCUT2D eigenvalue weighted by molar-refractivity contribution is 5.88. The molecule has 0 radical (unpaired) electrons. The van der Waals surface area contributed by atoms with Crippen molar-refractivity contribution in [3.63, 3.8) is 0 Å². The second kappa shape index (κ2) is 8.98. The second-order valence-electron chi connectivity index (χ2n) is 6.24. The third kappa shape index (κ3) is 5.17. The lowest BCUT2D eigenvalue weighted by Gasteiger charge is -2.09. The molecule has 8 nitrogen and oxygen atoms in total. The molecule has 3 aromatic rings. The summed E-state index contributed by atoms with van der Waals surface area (Å²) in [6.07, 6.45) is 0.124. The number of halogens is 1. The van der Waals surface area contributed by atoms with E-state index in [1.807, 2.05) is 0 Å². The summed E-state index contributed by atoms with van der Waals surface area (Å²) in [5.74, 6) is -0.256. The first-order valence-corrected chi connectivity index (χ1v) is 8.85. The third-order valence-corrected chi connectivity index (χ3v) is 4.05. The van der Waals surface area contributed by atoms with E-state index in [-0.39, 0.29) is 31.3 Å². The first-order chi connectivity index (χ1) is 14.0. The molecule has 0 fully saturated rings. The van der Waals surface area contributed by atoms with E-state index in [1.54, 1.807) is 42.5 Å². The molecular weight excluding hydrogens is 377 g/mol. The molecule has 9 heteroatoms. The molecule has 2 aromatic carbocycles. The van der Waals surface area contributed by atoms with Crippen LogP contribution in [0.25, 0.3) is 16.9 Å². The number of primary amides is 1. The summed E-state index contributed by atoms with van der Waals surface area (Å²) in [4.78, 5) is 23.3. The average molecular weight is 397 g/mol. The van der Waals surface area contributed by atoms with E-state index in [0.717, 1.165) is 5.56 Å². The molecule has 0 aliphatic rings. The van der Waals surface area contributed by atoms with Crippen molar-refractivity contribution in [1.29, 1.82) is 0 Å². The van der Waals surface area contributed by atoms with Gasteiger partial charge in [0.05, 0.1) is 24.4 Å². The number of nitrogens with one attached hydrogen (secondary N) is 2. The zero-order chi connectivity index (χ0) is 20.8. The lowest BCUT2D eigenvalue weighted by molar-refractivity contribution is -0.120. The van der Waals surface area contributed by atoms with Crippen molar-refractivity contribution in [1.82, 2.24) is 15.1 Å². The molecule has 3 rings (SSSR count). The highest BCUT2D eigenvalue weighted by atomic mass is 19.1. The van der Waals surface area contributed by atoms with E-state index in [1.165, 1.54) is 16.8 Å². The van der Waals surface area contributed by atoms with Gasteiger partial charge < -0.3 is 16.2 Å². The molecule has 0 saturated carbocycles. The van der Waals surface area contributed by atoms with Gasteiger partial charge in [0, 0.05) is 18.2 Å². The fraction of sp³-hybridized carbons (Fsp3) is 0.150. The Morgan fingerprint density at radius 2 is 1.90 bits per heavy atom. The number of carbonyl (C=O) groups is 2. The van der Waals surface area contributed by atoms with Crippen molar-refractivity contribution in [2.45, 2.75) is 6.42 Å². The topological polar surface area (TPSA) is 122 Å². The second-order valence-corrected chi connectivity index (χ2v) is 6.24. The summed E-state index contributed by atoms with van der Waals surface area (Å²) >= 11 is 0. The van der Waals surface area contributed by atoms with Gasteiger partial charge in [-0.15, -0.1) is 0 Å². The monoisotopic (exact) mass is 397 g/mol. The van der Waals surface area contributed by atoms with Crippen LogP contribution in [0.1, 0.15) is 5.56 Å². The number of nitrogens with zero attached hydrogens (tertiary/aromatic N) is 2. The smallest absolute Gasteiger partial charge is 0.317 e. The number of hydrogen-bond donors (Lipinski definition) is 4. The Kier molecular flexibility index (Phi) is 6.20. The van der Waals surface area contributed by atoms with Crippen molar-refractivity contribution in [3.05, 3.63) is 66.0 Å². The van der Waals surface area contributed by atoms with Gasteiger partial charge in [-0.3, -0.25) is 10.1 Å². The Balaban J connectivity index is 1.94. The van der Waals surface area contributed by atoms with Gasteiger partial charge in [0.2, 0.25) is 5.91 Å². The Hall–Kier alpha value is -3.72. The molecule has 5 N–H and O–H groups in total. The number of carbonyl (C=O) groups excluding carboxylic acids is 2. The number of anilines is 1. The van der Waals surface area contributed by atoms with Crippen molar-refractivity contribution >= 4 is 17.8 Å². The number of aliphatic hydroxyl groups excluding tert-OH is 1. The zero-order valence-electron chi connectivity index (χ0n) is 15.4. The maximum atomic E-state index is 13.2. The number of rotatable bonds is 7.